The Kier molecular flexibility index (Phi) is 5.48. The second-order valence-corrected chi connectivity index (χ2v) is 11.1. The van der Waals surface area contributed by atoms with Crippen LogP contribution in [-0.4, -0.2) is 22.5 Å². The first-order valence-corrected chi connectivity index (χ1v) is 11.8. The van der Waals surface area contributed by atoms with Gasteiger partial charge in [0, 0.05) is 17.0 Å². The summed E-state index contributed by atoms with van der Waals surface area (Å²) < 4.78 is 0. The Morgan fingerprint density at radius 1 is 0.966 bits per heavy atom. The van der Waals surface area contributed by atoms with Crippen molar-refractivity contribution in [3.8, 4) is 0 Å². The Labute approximate surface area is 184 Å². The van der Waals surface area contributed by atoms with Crippen molar-refractivity contribution in [1.82, 2.24) is 5.32 Å². The molecule has 2 saturated carbocycles. The molecule has 0 radical (unpaired) electrons. The minimum atomic E-state index is -0.641. The highest BCUT2D eigenvalue weighted by atomic mass is 35.5. The quantitative estimate of drug-likeness (QED) is 0.477. The molecule has 0 aromatic heterocycles. The summed E-state index contributed by atoms with van der Waals surface area (Å²) in [5.41, 5.74) is 0.841. The third-order valence-corrected chi connectivity index (χ3v) is 7.74. The average molecular weight is 438 g/mol. The second-order valence-electron chi connectivity index (χ2n) is 10.3. The van der Waals surface area contributed by atoms with Gasteiger partial charge in [-0.2, -0.15) is 0 Å². The van der Waals surface area contributed by atoms with Crippen LogP contribution < -0.4 is 16.0 Å². The first-order valence-electron chi connectivity index (χ1n) is 11.0. The van der Waals surface area contributed by atoms with Gasteiger partial charge in [0.25, 0.3) is 0 Å². The molecule has 2 fully saturated rings. The average Bonchev–Trinajstić information content (AvgIpc) is 2.75. The smallest absolute Gasteiger partial charge is 0.246 e. The number of carbonyl (C=O) groups is 1. The van der Waals surface area contributed by atoms with Crippen LogP contribution in [0.1, 0.15) is 78.6 Å². The first-order chi connectivity index (χ1) is 13.7. The molecule has 4 nitrogen and oxygen atoms in total. The summed E-state index contributed by atoms with van der Waals surface area (Å²) >= 11 is 12.8. The summed E-state index contributed by atoms with van der Waals surface area (Å²) in [6.45, 7) is 6.15. The van der Waals surface area contributed by atoms with Crippen molar-refractivity contribution in [3.05, 3.63) is 22.2 Å². The van der Waals surface area contributed by atoms with Crippen molar-refractivity contribution in [2.75, 3.05) is 10.6 Å². The van der Waals surface area contributed by atoms with Gasteiger partial charge in [0.05, 0.1) is 21.4 Å². The maximum absolute atomic E-state index is 13.8. The molecule has 1 aromatic rings. The van der Waals surface area contributed by atoms with E-state index in [9.17, 15) is 4.79 Å². The van der Waals surface area contributed by atoms with Gasteiger partial charge < -0.3 is 16.0 Å². The van der Waals surface area contributed by atoms with Gasteiger partial charge in [-0.3, -0.25) is 4.79 Å². The van der Waals surface area contributed by atoms with Crippen LogP contribution in [0.3, 0.4) is 0 Å². The molecule has 3 N–H and O–H groups in total. The molecule has 4 rings (SSSR count). The Bertz CT molecular complexity index is 798. The third-order valence-electron chi connectivity index (χ3n) is 7.02. The number of hydrogen-bond donors (Lipinski definition) is 3. The van der Waals surface area contributed by atoms with Crippen LogP contribution in [0.25, 0.3) is 0 Å². The summed E-state index contributed by atoms with van der Waals surface area (Å²) in [4.78, 5) is 13.8. The Balaban J connectivity index is 1.87. The maximum atomic E-state index is 13.8. The van der Waals surface area contributed by atoms with Gasteiger partial charge in [0.15, 0.2) is 0 Å². The van der Waals surface area contributed by atoms with Gasteiger partial charge in [0.2, 0.25) is 5.91 Å². The van der Waals surface area contributed by atoms with Crippen LogP contribution in [0, 0.1) is 5.92 Å². The molecule has 3 aliphatic rings. The number of rotatable bonds is 1. The fraction of sp³-hybridized carbons (Fsp3) is 0.696. The highest BCUT2D eigenvalue weighted by Crippen LogP contribution is 2.53. The number of carbonyl (C=O) groups excluding carboxylic acids is 1. The van der Waals surface area contributed by atoms with Crippen LogP contribution in [0.4, 0.5) is 11.4 Å². The van der Waals surface area contributed by atoms with E-state index in [4.69, 9.17) is 23.2 Å². The molecule has 1 heterocycles. The van der Waals surface area contributed by atoms with Gasteiger partial charge in [-0.25, -0.2) is 0 Å². The fourth-order valence-corrected chi connectivity index (χ4v) is 6.18. The van der Waals surface area contributed by atoms with Crippen LogP contribution in [0.5, 0.6) is 0 Å². The van der Waals surface area contributed by atoms with Crippen LogP contribution in [0.2, 0.25) is 10.0 Å². The minimum absolute atomic E-state index is 0.0939. The monoisotopic (exact) mass is 437 g/mol. The van der Waals surface area contributed by atoms with Crippen molar-refractivity contribution in [2.24, 2.45) is 5.92 Å². The molecular formula is C23H33Cl2N3O. The zero-order valence-corrected chi connectivity index (χ0v) is 19.3. The minimum Gasteiger partial charge on any atom is -0.378 e. The SMILES string of the molecule is CC(C)(C)NC(=O)C12CCCCC1C1(CCCCC1)Nc1cc(Cl)c(Cl)cc1N2. The van der Waals surface area contributed by atoms with Crippen LogP contribution >= 0.6 is 23.2 Å². The number of halogens is 2. The molecule has 1 amide bonds. The molecule has 1 aliphatic heterocycles. The van der Waals surface area contributed by atoms with Crippen molar-refractivity contribution < 1.29 is 4.79 Å². The van der Waals surface area contributed by atoms with E-state index in [1.54, 1.807) is 0 Å². The van der Waals surface area contributed by atoms with E-state index < -0.39 is 5.54 Å². The number of anilines is 2. The lowest BCUT2D eigenvalue weighted by Gasteiger charge is -2.53. The fourth-order valence-electron chi connectivity index (χ4n) is 5.86. The number of nitrogens with one attached hydrogen (secondary N) is 3. The van der Waals surface area contributed by atoms with E-state index in [1.807, 2.05) is 12.1 Å². The standard InChI is InChI=1S/C23H33Cl2N3O/c1-21(2,3)28-20(29)23-12-8-5-9-19(23)22(10-6-4-7-11-22)26-17-13-15(24)16(25)14-18(17)27-23/h13-14,19,26-27H,4-12H2,1-3H3,(H,28,29). The van der Waals surface area contributed by atoms with Gasteiger partial charge in [-0.05, 0) is 58.6 Å². The van der Waals surface area contributed by atoms with Gasteiger partial charge in [-0.1, -0.05) is 55.3 Å². The van der Waals surface area contributed by atoms with Gasteiger partial charge >= 0.3 is 0 Å². The molecule has 2 unspecified atom stereocenters. The van der Waals surface area contributed by atoms with Crippen LogP contribution in [-0.2, 0) is 4.79 Å². The largest absolute Gasteiger partial charge is 0.378 e. The summed E-state index contributed by atoms with van der Waals surface area (Å²) in [6, 6.07) is 3.81. The summed E-state index contributed by atoms with van der Waals surface area (Å²) in [5, 5.41) is 12.0. The lowest BCUT2D eigenvalue weighted by molar-refractivity contribution is -0.131. The predicted octanol–water partition coefficient (Wildman–Crippen LogP) is 6.38. The van der Waals surface area contributed by atoms with E-state index in [2.05, 4.69) is 36.7 Å². The first kappa shape index (κ1) is 21.1. The summed E-state index contributed by atoms with van der Waals surface area (Å²) in [6.07, 6.45) is 9.92. The number of hydrogen-bond acceptors (Lipinski definition) is 3. The number of benzene rings is 1. The molecule has 0 saturated heterocycles. The molecule has 2 atom stereocenters. The van der Waals surface area contributed by atoms with E-state index in [1.165, 1.54) is 19.3 Å². The predicted molar refractivity (Wildman–Crippen MR) is 122 cm³/mol. The normalized spacial score (nSPS) is 28.4. The zero-order chi connectivity index (χ0) is 20.9. The third kappa shape index (κ3) is 3.83. The summed E-state index contributed by atoms with van der Waals surface area (Å²) in [7, 11) is 0. The van der Waals surface area contributed by atoms with E-state index >= 15 is 0 Å². The van der Waals surface area contributed by atoms with Crippen LogP contribution in [0.15, 0.2) is 12.1 Å². The zero-order valence-electron chi connectivity index (χ0n) is 17.8. The highest BCUT2D eigenvalue weighted by molar-refractivity contribution is 6.42. The molecule has 2 aliphatic carbocycles. The maximum Gasteiger partial charge on any atom is 0.246 e. The topological polar surface area (TPSA) is 53.2 Å². The molecule has 1 spiro atoms. The Hall–Kier alpha value is -1.13. The lowest BCUT2D eigenvalue weighted by Crippen LogP contribution is -2.67. The van der Waals surface area contributed by atoms with E-state index in [0.717, 1.165) is 49.9 Å². The lowest BCUT2D eigenvalue weighted by atomic mass is 9.59. The van der Waals surface area contributed by atoms with Gasteiger partial charge in [-0.15, -0.1) is 0 Å². The molecular weight excluding hydrogens is 405 g/mol. The molecule has 0 bridgehead atoms. The Morgan fingerprint density at radius 2 is 1.55 bits per heavy atom. The number of fused-ring (bicyclic) bond motifs is 3. The van der Waals surface area contributed by atoms with Crippen molar-refractivity contribution in [2.45, 2.75) is 95.2 Å². The van der Waals surface area contributed by atoms with E-state index in [-0.39, 0.29) is 22.9 Å². The second kappa shape index (κ2) is 7.53. The summed E-state index contributed by atoms with van der Waals surface area (Å²) in [5.74, 6) is 0.330. The van der Waals surface area contributed by atoms with Crippen molar-refractivity contribution >= 4 is 40.5 Å². The molecule has 29 heavy (non-hydrogen) atoms. The van der Waals surface area contributed by atoms with Crippen molar-refractivity contribution in [3.63, 3.8) is 0 Å². The van der Waals surface area contributed by atoms with Crippen molar-refractivity contribution in [1.29, 1.82) is 0 Å². The van der Waals surface area contributed by atoms with E-state index in [0.29, 0.717) is 10.0 Å². The number of amides is 1. The molecule has 1 aromatic carbocycles. The molecule has 160 valence electrons. The molecule has 6 heteroatoms. The highest BCUT2D eigenvalue weighted by Gasteiger charge is 2.58. The Morgan fingerprint density at radius 3 is 2.17 bits per heavy atom. The van der Waals surface area contributed by atoms with Gasteiger partial charge in [0.1, 0.15) is 5.54 Å².